The monoisotopic (exact) mass is 472 g/mol. The van der Waals surface area contributed by atoms with Crippen LogP contribution in [0.5, 0.6) is 0 Å². The van der Waals surface area contributed by atoms with Crippen LogP contribution in [-0.4, -0.2) is 34.5 Å². The Balaban J connectivity index is 1.72. The maximum Gasteiger partial charge on any atom is 0.306 e. The molecule has 7 atom stereocenters. The molecular formula is C30H48O4. The number of aliphatic hydroxyl groups is 2. The molecule has 0 heterocycles. The van der Waals surface area contributed by atoms with Gasteiger partial charge in [0.2, 0.25) is 0 Å². The molecule has 1 unspecified atom stereocenters. The van der Waals surface area contributed by atoms with Crippen molar-refractivity contribution in [2.45, 2.75) is 123 Å². The van der Waals surface area contributed by atoms with Crippen LogP contribution in [0.4, 0.5) is 0 Å². The number of hydrogen-bond acceptors (Lipinski definition) is 4. The highest BCUT2D eigenvalue weighted by Gasteiger charge is 2.44. The minimum atomic E-state index is -0.526. The minimum absolute atomic E-state index is 0.0226. The molecule has 0 spiro atoms. The third-order valence-corrected chi connectivity index (χ3v) is 7.64. The quantitative estimate of drug-likeness (QED) is 0.134. The van der Waals surface area contributed by atoms with E-state index in [0.29, 0.717) is 24.7 Å². The predicted octanol–water partition coefficient (Wildman–Crippen LogP) is 6.36. The van der Waals surface area contributed by atoms with Gasteiger partial charge in [-0.05, 0) is 76.5 Å². The molecule has 2 aliphatic carbocycles. The van der Waals surface area contributed by atoms with Gasteiger partial charge in [-0.2, -0.15) is 0 Å². The van der Waals surface area contributed by atoms with E-state index in [2.05, 4.69) is 30.9 Å². The molecule has 4 heteroatoms. The number of ether oxygens (including phenoxy) is 1. The van der Waals surface area contributed by atoms with Gasteiger partial charge in [-0.1, -0.05) is 56.9 Å². The van der Waals surface area contributed by atoms with Crippen LogP contribution in [0, 0.1) is 35.5 Å². The van der Waals surface area contributed by atoms with Crippen molar-refractivity contribution in [3.05, 3.63) is 23.8 Å². The molecule has 0 aromatic rings. The number of esters is 1. The summed E-state index contributed by atoms with van der Waals surface area (Å²) >= 11 is 0. The topological polar surface area (TPSA) is 66.8 Å². The minimum Gasteiger partial charge on any atom is -0.463 e. The average molecular weight is 473 g/mol. The fourth-order valence-corrected chi connectivity index (χ4v) is 5.51. The molecule has 0 aliphatic heterocycles. The molecule has 34 heavy (non-hydrogen) atoms. The lowest BCUT2D eigenvalue weighted by Crippen LogP contribution is -2.19. The summed E-state index contributed by atoms with van der Waals surface area (Å²) in [4.78, 5) is 12.1. The zero-order chi connectivity index (χ0) is 24.9. The molecule has 4 nitrogen and oxygen atoms in total. The Labute approximate surface area is 208 Å². The molecule has 0 amide bonds. The van der Waals surface area contributed by atoms with Gasteiger partial charge >= 0.3 is 5.97 Å². The first-order chi connectivity index (χ1) is 16.3. The van der Waals surface area contributed by atoms with E-state index in [1.807, 2.05) is 26.8 Å². The Morgan fingerprint density at radius 1 is 1.21 bits per heavy atom. The van der Waals surface area contributed by atoms with Gasteiger partial charge in [0.05, 0.1) is 18.3 Å². The summed E-state index contributed by atoms with van der Waals surface area (Å²) in [7, 11) is 0. The lowest BCUT2D eigenvalue weighted by molar-refractivity contribution is -0.148. The zero-order valence-electron chi connectivity index (χ0n) is 22.0. The van der Waals surface area contributed by atoms with E-state index in [9.17, 15) is 15.0 Å². The first-order valence-electron chi connectivity index (χ1n) is 13.7. The third-order valence-electron chi connectivity index (χ3n) is 7.64. The van der Waals surface area contributed by atoms with Crippen molar-refractivity contribution in [3.63, 3.8) is 0 Å². The van der Waals surface area contributed by atoms with Crippen molar-refractivity contribution in [1.82, 2.24) is 0 Å². The van der Waals surface area contributed by atoms with Crippen LogP contribution in [0.3, 0.4) is 0 Å². The molecule has 192 valence electrons. The summed E-state index contributed by atoms with van der Waals surface area (Å²) in [6.07, 6.45) is 17.0. The Kier molecular flexibility index (Phi) is 13.0. The lowest BCUT2D eigenvalue weighted by Gasteiger charge is -2.19. The van der Waals surface area contributed by atoms with Crippen molar-refractivity contribution in [1.29, 1.82) is 0 Å². The summed E-state index contributed by atoms with van der Waals surface area (Å²) in [5.74, 6) is 7.02. The van der Waals surface area contributed by atoms with Crippen LogP contribution >= 0.6 is 0 Å². The number of unbranched alkanes of at least 4 members (excludes halogenated alkanes) is 4. The second-order valence-electron chi connectivity index (χ2n) is 10.6. The van der Waals surface area contributed by atoms with Gasteiger partial charge in [-0.3, -0.25) is 4.79 Å². The molecule has 0 radical (unpaired) electrons. The highest BCUT2D eigenvalue weighted by molar-refractivity contribution is 5.69. The molecule has 2 fully saturated rings. The molecule has 2 rings (SSSR count). The second-order valence-corrected chi connectivity index (χ2v) is 10.6. The number of carbonyl (C=O) groups excluding carboxylic acids is 1. The SMILES string of the molecule is CC#CCC(C)[C@H](O)/C=C/[C@@H]1[C@H]2C/C(=C/CCCC(=O)O[C@@H](C)CCCCCC)C[C@H]2C[C@H]1O. The summed E-state index contributed by atoms with van der Waals surface area (Å²) in [5, 5.41) is 21.0. The van der Waals surface area contributed by atoms with Gasteiger partial charge in [0.15, 0.2) is 0 Å². The van der Waals surface area contributed by atoms with E-state index in [4.69, 9.17) is 4.74 Å². The van der Waals surface area contributed by atoms with Crippen LogP contribution in [-0.2, 0) is 9.53 Å². The van der Waals surface area contributed by atoms with Crippen molar-refractivity contribution in [3.8, 4) is 11.8 Å². The van der Waals surface area contributed by atoms with E-state index in [-0.39, 0.29) is 30.0 Å². The molecular weight excluding hydrogens is 424 g/mol. The van der Waals surface area contributed by atoms with Crippen LogP contribution < -0.4 is 0 Å². The highest BCUT2D eigenvalue weighted by atomic mass is 16.5. The van der Waals surface area contributed by atoms with Crippen LogP contribution in [0.15, 0.2) is 23.8 Å². The fraction of sp³-hybridized carbons (Fsp3) is 0.767. The lowest BCUT2D eigenvalue weighted by atomic mass is 9.89. The summed E-state index contributed by atoms with van der Waals surface area (Å²) < 4.78 is 5.55. The van der Waals surface area contributed by atoms with Gasteiger partial charge in [-0.15, -0.1) is 11.8 Å². The maximum atomic E-state index is 12.1. The van der Waals surface area contributed by atoms with E-state index < -0.39 is 6.10 Å². The number of allylic oxidation sites excluding steroid dienone is 2. The van der Waals surface area contributed by atoms with Crippen LogP contribution in [0.25, 0.3) is 0 Å². The van der Waals surface area contributed by atoms with Crippen molar-refractivity contribution < 1.29 is 19.7 Å². The van der Waals surface area contributed by atoms with E-state index >= 15 is 0 Å². The van der Waals surface area contributed by atoms with Crippen molar-refractivity contribution in [2.24, 2.45) is 23.7 Å². The Bertz CT molecular complexity index is 728. The van der Waals surface area contributed by atoms with Gasteiger partial charge in [0.1, 0.15) is 0 Å². The van der Waals surface area contributed by atoms with Gasteiger partial charge < -0.3 is 14.9 Å². The molecule has 0 aromatic heterocycles. The first-order valence-corrected chi connectivity index (χ1v) is 13.7. The molecule has 2 saturated carbocycles. The zero-order valence-corrected chi connectivity index (χ0v) is 22.0. The Morgan fingerprint density at radius 3 is 2.74 bits per heavy atom. The molecule has 0 aromatic carbocycles. The molecule has 2 N–H and O–H groups in total. The number of rotatable bonds is 14. The smallest absolute Gasteiger partial charge is 0.306 e. The van der Waals surface area contributed by atoms with Crippen LogP contribution in [0.2, 0.25) is 0 Å². The highest BCUT2D eigenvalue weighted by Crippen LogP contribution is 2.50. The molecule has 0 saturated heterocycles. The number of fused-ring (bicyclic) bond motifs is 1. The van der Waals surface area contributed by atoms with E-state index in [1.54, 1.807) is 0 Å². The third kappa shape index (κ3) is 9.59. The Morgan fingerprint density at radius 2 is 2.00 bits per heavy atom. The number of carbonyl (C=O) groups is 1. The van der Waals surface area contributed by atoms with E-state index in [0.717, 1.165) is 44.9 Å². The summed E-state index contributed by atoms with van der Waals surface area (Å²) in [5.41, 5.74) is 1.46. The van der Waals surface area contributed by atoms with E-state index in [1.165, 1.54) is 24.8 Å². The van der Waals surface area contributed by atoms with Crippen molar-refractivity contribution >= 4 is 5.97 Å². The largest absolute Gasteiger partial charge is 0.463 e. The number of hydrogen-bond donors (Lipinski definition) is 2. The standard InChI is InChI=1S/C30H48O4/c1-5-7-9-10-14-23(4)34-30(33)16-12-11-15-24-19-25-21-29(32)26(27(25)20-24)17-18-28(31)22(3)13-8-6-2/h15,17-18,22-23,25-29,31-32H,5,7,9-14,16,19-21H2,1-4H3/b18-17+,24-15+/t22?,23-,25-,26+,27-,28+,29+/m0/s1. The van der Waals surface area contributed by atoms with Gasteiger partial charge in [0, 0.05) is 18.8 Å². The molecule has 2 aliphatic rings. The second kappa shape index (κ2) is 15.4. The number of aliphatic hydroxyl groups excluding tert-OH is 2. The maximum absolute atomic E-state index is 12.1. The van der Waals surface area contributed by atoms with Gasteiger partial charge in [0.25, 0.3) is 0 Å². The normalized spacial score (nSPS) is 27.9. The first kappa shape index (κ1) is 28.7. The summed E-state index contributed by atoms with van der Waals surface area (Å²) in [6.45, 7) is 8.03. The molecule has 0 bridgehead atoms. The Hall–Kier alpha value is -1.57. The summed E-state index contributed by atoms with van der Waals surface area (Å²) in [6, 6.07) is 0. The van der Waals surface area contributed by atoms with Crippen molar-refractivity contribution in [2.75, 3.05) is 0 Å². The van der Waals surface area contributed by atoms with Crippen LogP contribution in [0.1, 0.15) is 105 Å². The average Bonchev–Trinajstić information content (AvgIpc) is 3.32. The fourth-order valence-electron chi connectivity index (χ4n) is 5.51. The van der Waals surface area contributed by atoms with Gasteiger partial charge in [-0.25, -0.2) is 0 Å². The predicted molar refractivity (Wildman–Crippen MR) is 139 cm³/mol.